The maximum Gasteiger partial charge on any atom is 0.300 e. The van der Waals surface area contributed by atoms with Crippen LogP contribution in [-0.2, 0) is 0 Å². The Morgan fingerprint density at radius 1 is 1.50 bits per heavy atom. The largest absolute Gasteiger partial charge is 0.300 e. The van der Waals surface area contributed by atoms with E-state index in [1.165, 1.54) is 5.57 Å². The smallest absolute Gasteiger partial charge is 0.193 e. The molecular formula is C9H12N3+. The summed E-state index contributed by atoms with van der Waals surface area (Å²) in [6, 6.07) is 0. The summed E-state index contributed by atoms with van der Waals surface area (Å²) >= 11 is 0. The molecule has 0 saturated heterocycles. The van der Waals surface area contributed by atoms with Crippen molar-refractivity contribution >= 4 is 6.34 Å². The van der Waals surface area contributed by atoms with E-state index < -0.39 is 0 Å². The van der Waals surface area contributed by atoms with Crippen molar-refractivity contribution in [2.75, 3.05) is 0 Å². The number of hydrogen-bond acceptors (Lipinski definition) is 2. The topological polar surface area (TPSA) is 27.7 Å². The Hall–Kier alpha value is -1.25. The molecule has 0 spiro atoms. The van der Waals surface area contributed by atoms with Gasteiger partial charge in [-0.15, -0.1) is 0 Å². The van der Waals surface area contributed by atoms with Crippen molar-refractivity contribution in [3.05, 3.63) is 23.9 Å². The molecule has 0 aromatic heterocycles. The lowest BCUT2D eigenvalue weighted by Crippen LogP contribution is -2.22. The van der Waals surface area contributed by atoms with E-state index >= 15 is 0 Å². The first kappa shape index (κ1) is 7.40. The minimum Gasteiger partial charge on any atom is -0.193 e. The Labute approximate surface area is 71.8 Å². The molecule has 0 amide bonds. The van der Waals surface area contributed by atoms with E-state index in [9.17, 15) is 0 Å². The van der Waals surface area contributed by atoms with E-state index in [0.29, 0.717) is 5.92 Å². The van der Waals surface area contributed by atoms with Crippen LogP contribution in [0, 0.1) is 5.92 Å². The van der Waals surface area contributed by atoms with Crippen LogP contribution in [0.25, 0.3) is 0 Å². The summed E-state index contributed by atoms with van der Waals surface area (Å²) < 4.78 is 1.88. The molecule has 2 aliphatic heterocycles. The van der Waals surface area contributed by atoms with Crippen LogP contribution >= 0.6 is 0 Å². The van der Waals surface area contributed by atoms with E-state index in [4.69, 9.17) is 0 Å². The van der Waals surface area contributed by atoms with Crippen molar-refractivity contribution in [2.24, 2.45) is 16.0 Å². The van der Waals surface area contributed by atoms with Crippen LogP contribution in [0.5, 0.6) is 0 Å². The SMILES string of the molecule is CC(C)C1=CC=C[N+]2=NC=NC12. The van der Waals surface area contributed by atoms with Crippen LogP contribution in [0.2, 0.25) is 0 Å². The Morgan fingerprint density at radius 2 is 2.33 bits per heavy atom. The Morgan fingerprint density at radius 3 is 3.08 bits per heavy atom. The number of fused-ring (bicyclic) bond motifs is 1. The van der Waals surface area contributed by atoms with E-state index in [0.717, 1.165) is 0 Å². The Bertz CT molecular complexity index is 308. The highest BCUT2D eigenvalue weighted by atomic mass is 15.4. The van der Waals surface area contributed by atoms with Crippen LogP contribution in [0.1, 0.15) is 13.8 Å². The maximum atomic E-state index is 4.28. The van der Waals surface area contributed by atoms with Gasteiger partial charge in [-0.3, -0.25) is 0 Å². The summed E-state index contributed by atoms with van der Waals surface area (Å²) in [7, 11) is 0. The minimum atomic E-state index is 0.134. The molecule has 2 aliphatic rings. The van der Waals surface area contributed by atoms with Crippen LogP contribution in [0.15, 0.2) is 34.0 Å². The molecule has 1 atom stereocenters. The fraction of sp³-hybridized carbons (Fsp3) is 0.444. The van der Waals surface area contributed by atoms with Gasteiger partial charge in [0.1, 0.15) is 0 Å². The standard InChI is InChI=1S/C9H12N3/c1-7(2)8-4-3-5-12-9(8)10-6-11-12/h3-7,9H,1-2H3/q+1. The van der Waals surface area contributed by atoms with Crippen LogP contribution < -0.4 is 0 Å². The summed E-state index contributed by atoms with van der Waals surface area (Å²) in [5, 5.41) is 4.10. The van der Waals surface area contributed by atoms with Crippen LogP contribution in [0.4, 0.5) is 0 Å². The zero-order chi connectivity index (χ0) is 8.55. The molecule has 2 rings (SSSR count). The van der Waals surface area contributed by atoms with E-state index in [-0.39, 0.29) is 6.17 Å². The third-order valence-electron chi connectivity index (χ3n) is 2.14. The highest BCUT2D eigenvalue weighted by molar-refractivity contribution is 5.55. The van der Waals surface area contributed by atoms with Gasteiger partial charge in [-0.05, 0) is 12.0 Å². The first-order valence-corrected chi connectivity index (χ1v) is 4.18. The van der Waals surface area contributed by atoms with E-state index in [2.05, 4.69) is 30.0 Å². The van der Waals surface area contributed by atoms with Gasteiger partial charge < -0.3 is 0 Å². The Balaban J connectivity index is 2.35. The number of aliphatic imine (C=N–C) groups is 1. The first-order chi connectivity index (χ1) is 5.79. The normalized spacial score (nSPS) is 25.8. The molecule has 0 aromatic rings. The number of azo groups is 2. The lowest BCUT2D eigenvalue weighted by molar-refractivity contribution is -0.545. The number of hydrogen-bond donors (Lipinski definition) is 0. The molecule has 3 nitrogen and oxygen atoms in total. The molecule has 2 heterocycles. The van der Waals surface area contributed by atoms with Gasteiger partial charge >= 0.3 is 6.17 Å². The molecule has 1 unspecified atom stereocenters. The summed E-state index contributed by atoms with van der Waals surface area (Å²) in [5.41, 5.74) is 1.33. The molecule has 62 valence electrons. The van der Waals surface area contributed by atoms with Crippen LogP contribution in [0.3, 0.4) is 0 Å². The quantitative estimate of drug-likeness (QED) is 0.527. The van der Waals surface area contributed by atoms with Crippen molar-refractivity contribution in [3.8, 4) is 0 Å². The monoisotopic (exact) mass is 162 g/mol. The Kier molecular flexibility index (Phi) is 1.64. The average Bonchev–Trinajstić information content (AvgIpc) is 2.49. The third-order valence-corrected chi connectivity index (χ3v) is 2.14. The molecule has 0 fully saturated rings. The average molecular weight is 162 g/mol. The van der Waals surface area contributed by atoms with Gasteiger partial charge in [0.15, 0.2) is 12.5 Å². The minimum absolute atomic E-state index is 0.134. The maximum absolute atomic E-state index is 4.28. The van der Waals surface area contributed by atoms with Gasteiger partial charge in [0.05, 0.1) is 0 Å². The zero-order valence-electron chi connectivity index (χ0n) is 7.31. The fourth-order valence-corrected chi connectivity index (χ4v) is 1.46. The number of allylic oxidation sites excluding steroid dienone is 2. The second kappa shape index (κ2) is 2.66. The predicted molar refractivity (Wildman–Crippen MR) is 47.0 cm³/mol. The van der Waals surface area contributed by atoms with Gasteiger partial charge in [0, 0.05) is 16.8 Å². The van der Waals surface area contributed by atoms with Gasteiger partial charge in [0.25, 0.3) is 0 Å². The lowest BCUT2D eigenvalue weighted by Gasteiger charge is -2.13. The molecule has 0 saturated carbocycles. The summed E-state index contributed by atoms with van der Waals surface area (Å²) in [6.07, 6.45) is 7.85. The van der Waals surface area contributed by atoms with Gasteiger partial charge in [-0.1, -0.05) is 18.5 Å². The summed E-state index contributed by atoms with van der Waals surface area (Å²) in [4.78, 5) is 4.28. The number of nitrogens with zero attached hydrogens (tertiary/aromatic N) is 3. The van der Waals surface area contributed by atoms with Crippen molar-refractivity contribution in [1.82, 2.24) is 0 Å². The highest BCUT2D eigenvalue weighted by Crippen LogP contribution is 2.23. The van der Waals surface area contributed by atoms with Crippen molar-refractivity contribution in [3.63, 3.8) is 0 Å². The second-order valence-electron chi connectivity index (χ2n) is 3.30. The number of rotatable bonds is 1. The third kappa shape index (κ3) is 1.02. The highest BCUT2D eigenvalue weighted by Gasteiger charge is 2.31. The molecular weight excluding hydrogens is 150 g/mol. The molecule has 12 heavy (non-hydrogen) atoms. The summed E-state index contributed by atoms with van der Waals surface area (Å²) in [6.45, 7) is 4.36. The van der Waals surface area contributed by atoms with E-state index in [1.54, 1.807) is 6.34 Å². The molecule has 3 heteroatoms. The van der Waals surface area contributed by atoms with Crippen LogP contribution in [-0.4, -0.2) is 17.2 Å². The molecule has 0 radical (unpaired) electrons. The molecule has 0 N–H and O–H groups in total. The van der Waals surface area contributed by atoms with Crippen molar-refractivity contribution in [1.29, 1.82) is 0 Å². The van der Waals surface area contributed by atoms with Gasteiger partial charge in [0.2, 0.25) is 0 Å². The predicted octanol–water partition coefficient (Wildman–Crippen LogP) is 1.93. The fourth-order valence-electron chi connectivity index (χ4n) is 1.46. The molecule has 0 aromatic carbocycles. The summed E-state index contributed by atoms with van der Waals surface area (Å²) in [5.74, 6) is 0.535. The zero-order valence-corrected chi connectivity index (χ0v) is 7.31. The second-order valence-corrected chi connectivity index (χ2v) is 3.30. The first-order valence-electron chi connectivity index (χ1n) is 4.18. The van der Waals surface area contributed by atoms with Gasteiger partial charge in [-0.2, -0.15) is 4.99 Å². The van der Waals surface area contributed by atoms with E-state index in [1.807, 2.05) is 17.0 Å². The van der Waals surface area contributed by atoms with Gasteiger partial charge in [-0.25, -0.2) is 0 Å². The van der Waals surface area contributed by atoms with Crippen molar-refractivity contribution < 1.29 is 4.70 Å². The van der Waals surface area contributed by atoms with Crippen molar-refractivity contribution in [2.45, 2.75) is 20.0 Å². The lowest BCUT2D eigenvalue weighted by atomic mass is 9.99. The molecule has 0 bridgehead atoms. The molecule has 0 aliphatic carbocycles.